The molecular formula is C21H20FN3OS. The predicted molar refractivity (Wildman–Crippen MR) is 109 cm³/mol. The quantitative estimate of drug-likeness (QED) is 0.739. The van der Waals surface area contributed by atoms with Crippen LogP contribution in [0.25, 0.3) is 6.08 Å². The first kappa shape index (κ1) is 17.8. The molecule has 27 heavy (non-hydrogen) atoms. The highest BCUT2D eigenvalue weighted by atomic mass is 32.2. The SMILES string of the molecule is Cc1cccc(/C=C2\SC(N3CCN(c4ccc(F)cc4)CC3)=NC2=O)c1. The standard InChI is InChI=1S/C21H20FN3OS/c1-15-3-2-4-16(13-15)14-19-20(26)23-21(27-19)25-11-9-24(10-12-25)18-7-5-17(22)6-8-18/h2-8,13-14H,9-12H2,1H3/b19-14-. The van der Waals surface area contributed by atoms with Gasteiger partial charge in [-0.2, -0.15) is 4.99 Å². The molecule has 0 atom stereocenters. The zero-order valence-corrected chi connectivity index (χ0v) is 15.9. The van der Waals surface area contributed by atoms with Crippen molar-refractivity contribution in [1.29, 1.82) is 0 Å². The van der Waals surface area contributed by atoms with E-state index in [0.717, 1.165) is 48.2 Å². The second-order valence-corrected chi connectivity index (χ2v) is 7.68. The van der Waals surface area contributed by atoms with Crippen LogP contribution in [0.5, 0.6) is 0 Å². The van der Waals surface area contributed by atoms with Gasteiger partial charge in [-0.3, -0.25) is 4.79 Å². The van der Waals surface area contributed by atoms with Gasteiger partial charge in [-0.25, -0.2) is 4.39 Å². The van der Waals surface area contributed by atoms with Crippen molar-refractivity contribution in [3.05, 3.63) is 70.4 Å². The first-order valence-corrected chi connectivity index (χ1v) is 9.75. The number of nitrogens with zero attached hydrogens (tertiary/aromatic N) is 3. The number of anilines is 1. The van der Waals surface area contributed by atoms with Gasteiger partial charge < -0.3 is 9.80 Å². The largest absolute Gasteiger partial charge is 0.368 e. The third kappa shape index (κ3) is 4.06. The summed E-state index contributed by atoms with van der Waals surface area (Å²) in [5.41, 5.74) is 3.20. The molecule has 4 rings (SSSR count). The molecule has 0 aromatic heterocycles. The van der Waals surface area contributed by atoms with E-state index in [1.807, 2.05) is 31.2 Å². The van der Waals surface area contributed by atoms with E-state index in [4.69, 9.17) is 0 Å². The average molecular weight is 381 g/mol. The number of benzene rings is 2. The molecule has 0 unspecified atom stereocenters. The Balaban J connectivity index is 1.40. The molecule has 0 N–H and O–H groups in total. The number of carbonyl (C=O) groups is 1. The molecule has 2 heterocycles. The highest BCUT2D eigenvalue weighted by Gasteiger charge is 2.28. The number of carbonyl (C=O) groups excluding carboxylic acids is 1. The van der Waals surface area contributed by atoms with Gasteiger partial charge in [0.25, 0.3) is 5.91 Å². The number of aliphatic imine (C=N–C) groups is 1. The van der Waals surface area contributed by atoms with Gasteiger partial charge in [0, 0.05) is 31.9 Å². The van der Waals surface area contributed by atoms with Crippen LogP contribution in [0.4, 0.5) is 10.1 Å². The Bertz CT molecular complexity index is 915. The van der Waals surface area contributed by atoms with E-state index in [1.165, 1.54) is 23.9 Å². The van der Waals surface area contributed by atoms with Crippen LogP contribution < -0.4 is 4.90 Å². The molecular weight excluding hydrogens is 361 g/mol. The average Bonchev–Trinajstić information content (AvgIpc) is 3.03. The number of piperazine rings is 1. The van der Waals surface area contributed by atoms with E-state index in [2.05, 4.69) is 20.9 Å². The van der Waals surface area contributed by atoms with Crippen LogP contribution >= 0.6 is 11.8 Å². The van der Waals surface area contributed by atoms with Crippen LogP contribution in [0.2, 0.25) is 0 Å². The molecule has 0 aliphatic carbocycles. The van der Waals surface area contributed by atoms with Gasteiger partial charge >= 0.3 is 0 Å². The first-order valence-electron chi connectivity index (χ1n) is 8.93. The van der Waals surface area contributed by atoms with Crippen molar-refractivity contribution in [1.82, 2.24) is 4.90 Å². The Morgan fingerprint density at radius 3 is 2.44 bits per heavy atom. The predicted octanol–water partition coefficient (Wildman–Crippen LogP) is 3.93. The van der Waals surface area contributed by atoms with Gasteiger partial charge in [0.1, 0.15) is 5.82 Å². The number of hydrogen-bond acceptors (Lipinski definition) is 4. The van der Waals surface area contributed by atoms with Gasteiger partial charge in [0.05, 0.1) is 4.91 Å². The zero-order valence-electron chi connectivity index (χ0n) is 15.1. The molecule has 2 aliphatic rings. The summed E-state index contributed by atoms with van der Waals surface area (Å²) in [7, 11) is 0. The zero-order chi connectivity index (χ0) is 18.8. The van der Waals surface area contributed by atoms with Gasteiger partial charge in [-0.05, 0) is 54.6 Å². The number of rotatable bonds is 2. The fraction of sp³-hybridized carbons (Fsp3) is 0.238. The molecule has 138 valence electrons. The maximum absolute atomic E-state index is 13.1. The lowest BCUT2D eigenvalue weighted by atomic mass is 10.1. The van der Waals surface area contributed by atoms with Crippen molar-refractivity contribution in [2.45, 2.75) is 6.92 Å². The van der Waals surface area contributed by atoms with Gasteiger partial charge in [-0.1, -0.05) is 29.8 Å². The lowest BCUT2D eigenvalue weighted by Gasteiger charge is -2.36. The van der Waals surface area contributed by atoms with E-state index in [1.54, 1.807) is 12.1 Å². The van der Waals surface area contributed by atoms with Gasteiger partial charge in [0.2, 0.25) is 0 Å². The molecule has 2 aromatic carbocycles. The summed E-state index contributed by atoms with van der Waals surface area (Å²) in [5, 5.41) is 0.776. The lowest BCUT2D eigenvalue weighted by molar-refractivity contribution is -0.113. The maximum Gasteiger partial charge on any atom is 0.286 e. The van der Waals surface area contributed by atoms with Crippen molar-refractivity contribution in [2.24, 2.45) is 4.99 Å². The van der Waals surface area contributed by atoms with Crippen molar-refractivity contribution in [2.75, 3.05) is 31.1 Å². The van der Waals surface area contributed by atoms with Crippen molar-refractivity contribution in [3.8, 4) is 0 Å². The topological polar surface area (TPSA) is 35.9 Å². The molecule has 1 amide bonds. The number of amides is 1. The normalized spacial score (nSPS) is 19.0. The Morgan fingerprint density at radius 2 is 1.74 bits per heavy atom. The van der Waals surface area contributed by atoms with Gasteiger partial charge in [0.15, 0.2) is 5.17 Å². The Morgan fingerprint density at radius 1 is 1.04 bits per heavy atom. The van der Waals surface area contributed by atoms with E-state index in [-0.39, 0.29) is 11.7 Å². The van der Waals surface area contributed by atoms with Crippen molar-refractivity contribution >= 4 is 34.6 Å². The summed E-state index contributed by atoms with van der Waals surface area (Å²) in [6.45, 7) is 5.24. The van der Waals surface area contributed by atoms with Crippen molar-refractivity contribution < 1.29 is 9.18 Å². The van der Waals surface area contributed by atoms with E-state index in [0.29, 0.717) is 4.91 Å². The first-order chi connectivity index (χ1) is 13.1. The van der Waals surface area contributed by atoms with Crippen LogP contribution in [0.15, 0.2) is 58.4 Å². The summed E-state index contributed by atoms with van der Waals surface area (Å²) < 4.78 is 13.1. The molecule has 0 spiro atoms. The summed E-state index contributed by atoms with van der Waals surface area (Å²) in [6, 6.07) is 14.7. The summed E-state index contributed by atoms with van der Waals surface area (Å²) in [4.78, 5) is 21.6. The molecule has 1 fully saturated rings. The smallest absolute Gasteiger partial charge is 0.286 e. The highest BCUT2D eigenvalue weighted by molar-refractivity contribution is 8.18. The Hall–Kier alpha value is -2.60. The minimum atomic E-state index is -0.222. The number of amidine groups is 1. The lowest BCUT2D eigenvalue weighted by Crippen LogP contribution is -2.47. The number of halogens is 1. The second-order valence-electron chi connectivity index (χ2n) is 6.67. The molecule has 2 aromatic rings. The number of hydrogen-bond donors (Lipinski definition) is 0. The van der Waals surface area contributed by atoms with E-state index >= 15 is 0 Å². The third-order valence-corrected chi connectivity index (χ3v) is 5.74. The molecule has 0 bridgehead atoms. The van der Waals surface area contributed by atoms with E-state index < -0.39 is 0 Å². The van der Waals surface area contributed by atoms with Crippen molar-refractivity contribution in [3.63, 3.8) is 0 Å². The molecule has 6 heteroatoms. The third-order valence-electron chi connectivity index (χ3n) is 4.69. The second kappa shape index (κ2) is 7.56. The molecule has 2 aliphatic heterocycles. The fourth-order valence-corrected chi connectivity index (χ4v) is 4.22. The summed E-state index contributed by atoms with van der Waals surface area (Å²) in [5.74, 6) is -0.391. The van der Waals surface area contributed by atoms with Gasteiger partial charge in [-0.15, -0.1) is 0 Å². The summed E-state index contributed by atoms with van der Waals surface area (Å²) in [6.07, 6.45) is 1.91. The fourth-order valence-electron chi connectivity index (χ4n) is 3.25. The van der Waals surface area contributed by atoms with Crippen LogP contribution in [-0.2, 0) is 4.79 Å². The summed E-state index contributed by atoms with van der Waals surface area (Å²) >= 11 is 1.44. The molecule has 1 saturated heterocycles. The van der Waals surface area contributed by atoms with Crippen LogP contribution in [-0.4, -0.2) is 42.2 Å². The van der Waals surface area contributed by atoms with Crippen LogP contribution in [0, 0.1) is 12.7 Å². The minimum absolute atomic E-state index is 0.169. The van der Waals surface area contributed by atoms with E-state index in [9.17, 15) is 9.18 Å². The van der Waals surface area contributed by atoms with Crippen LogP contribution in [0.3, 0.4) is 0 Å². The Kier molecular flexibility index (Phi) is 4.99. The molecule has 4 nitrogen and oxygen atoms in total. The number of aryl methyl sites for hydroxylation is 1. The Labute approximate surface area is 162 Å². The maximum atomic E-state index is 13.1. The highest BCUT2D eigenvalue weighted by Crippen LogP contribution is 2.31. The molecule has 0 saturated carbocycles. The van der Waals surface area contributed by atoms with Crippen LogP contribution in [0.1, 0.15) is 11.1 Å². The molecule has 0 radical (unpaired) electrons. The number of thioether (sulfide) groups is 1. The minimum Gasteiger partial charge on any atom is -0.368 e. The monoisotopic (exact) mass is 381 g/mol.